The van der Waals surface area contributed by atoms with E-state index >= 15 is 0 Å². The number of nitrogens with one attached hydrogen (secondary N) is 1. The quantitative estimate of drug-likeness (QED) is 0.820. The Bertz CT molecular complexity index is 462. The zero-order valence-corrected chi connectivity index (χ0v) is 9.33. The zero-order valence-electron chi connectivity index (χ0n) is 9.33. The summed E-state index contributed by atoms with van der Waals surface area (Å²) in [6.45, 7) is 2.21. The number of aryl methyl sites for hydroxylation is 2. The molecule has 2 N–H and O–H groups in total. The second kappa shape index (κ2) is 4.94. The van der Waals surface area contributed by atoms with Gasteiger partial charge in [0.1, 0.15) is 0 Å². The molecule has 0 aliphatic heterocycles. The average molecular weight is 215 g/mol. The maximum atomic E-state index is 8.80. The van der Waals surface area contributed by atoms with Gasteiger partial charge in [0.2, 0.25) is 0 Å². The van der Waals surface area contributed by atoms with Gasteiger partial charge in [-0.3, -0.25) is 5.10 Å². The molecule has 1 aromatic heterocycles. The fraction of sp³-hybridized carbons (Fsp3) is 0.308. The Kier molecular flexibility index (Phi) is 3.37. The molecule has 0 saturated heterocycles. The van der Waals surface area contributed by atoms with E-state index in [1.807, 2.05) is 25.3 Å². The maximum absolute atomic E-state index is 8.80. The van der Waals surface area contributed by atoms with Gasteiger partial charge < -0.3 is 5.11 Å². The highest BCUT2D eigenvalue weighted by Gasteiger charge is 2.04. The van der Waals surface area contributed by atoms with Crippen molar-refractivity contribution in [3.8, 4) is 11.1 Å². The lowest BCUT2D eigenvalue weighted by Crippen LogP contribution is -1.90. The van der Waals surface area contributed by atoms with Crippen LogP contribution in [0.25, 0.3) is 11.1 Å². The Labute approximate surface area is 95.1 Å². The summed E-state index contributed by atoms with van der Waals surface area (Å²) in [7, 11) is 0. The van der Waals surface area contributed by atoms with E-state index in [4.69, 9.17) is 5.11 Å². The molecule has 83 valence electrons. The molecule has 0 bridgehead atoms. The largest absolute Gasteiger partial charge is 0.396 e. The van der Waals surface area contributed by atoms with Gasteiger partial charge in [0.15, 0.2) is 0 Å². The number of hydrogen-bond acceptors (Lipinski definition) is 2. The highest BCUT2D eigenvalue weighted by atomic mass is 16.2. The highest BCUT2D eigenvalue weighted by Crippen LogP contribution is 2.22. The Hall–Kier alpha value is -1.61. The first-order valence-corrected chi connectivity index (χ1v) is 5.43. The first kappa shape index (κ1) is 10.9. The van der Waals surface area contributed by atoms with Crippen molar-refractivity contribution in [1.29, 1.82) is 0 Å². The van der Waals surface area contributed by atoms with Crippen LogP contribution in [0, 0.1) is 13.0 Å². The molecule has 1 heterocycles. The van der Waals surface area contributed by atoms with E-state index in [-0.39, 0.29) is 6.61 Å². The molecule has 2 aromatic rings. The van der Waals surface area contributed by atoms with E-state index in [0.29, 0.717) is 0 Å². The number of H-pyrrole nitrogens is 1. The Balaban J connectivity index is 2.26. The highest BCUT2D eigenvalue weighted by molar-refractivity contribution is 5.65. The van der Waals surface area contributed by atoms with Crippen LogP contribution in [0.3, 0.4) is 0 Å². The fourth-order valence-corrected chi connectivity index (χ4v) is 1.76. The summed E-state index contributed by atoms with van der Waals surface area (Å²) in [5.74, 6) is 0. The van der Waals surface area contributed by atoms with Gasteiger partial charge in [0.05, 0.1) is 5.69 Å². The Morgan fingerprint density at radius 3 is 3.00 bits per heavy atom. The van der Waals surface area contributed by atoms with Crippen LogP contribution >= 0.6 is 0 Å². The lowest BCUT2D eigenvalue weighted by molar-refractivity contribution is 0.288. The summed E-state index contributed by atoms with van der Waals surface area (Å²) in [4.78, 5) is 0. The van der Waals surface area contributed by atoms with Crippen LogP contribution in [0.5, 0.6) is 0 Å². The first-order valence-electron chi connectivity index (χ1n) is 5.43. The van der Waals surface area contributed by atoms with E-state index in [1.165, 1.54) is 5.56 Å². The molecule has 1 aromatic carbocycles. The predicted octanol–water partition coefficient (Wildman–Crippen LogP) is 2.11. The molecule has 2 rings (SSSR count). The lowest BCUT2D eigenvalue weighted by atomic mass is 10.0. The molecule has 0 aliphatic carbocycles. The van der Waals surface area contributed by atoms with Crippen molar-refractivity contribution in [3.63, 3.8) is 0 Å². The molecular formula is C13H15N2O. The minimum absolute atomic E-state index is 0.231. The maximum Gasteiger partial charge on any atom is 0.0669 e. The minimum atomic E-state index is 0.231. The van der Waals surface area contributed by atoms with E-state index < -0.39 is 0 Å². The van der Waals surface area contributed by atoms with Crippen molar-refractivity contribution < 1.29 is 5.11 Å². The van der Waals surface area contributed by atoms with Crippen molar-refractivity contribution in [2.24, 2.45) is 0 Å². The van der Waals surface area contributed by atoms with Crippen molar-refractivity contribution in [2.45, 2.75) is 19.8 Å². The SMILES string of the molecule is Cc1n[nH]cc1-c1c[c]cc(CCCO)c1. The van der Waals surface area contributed by atoms with Crippen molar-refractivity contribution in [3.05, 3.63) is 41.7 Å². The first-order chi connectivity index (χ1) is 7.81. The number of aliphatic hydroxyl groups is 1. The fourth-order valence-electron chi connectivity index (χ4n) is 1.76. The Morgan fingerprint density at radius 2 is 2.31 bits per heavy atom. The van der Waals surface area contributed by atoms with Gasteiger partial charge in [-0.05, 0) is 43.0 Å². The number of nitrogens with zero attached hydrogens (tertiary/aromatic N) is 1. The van der Waals surface area contributed by atoms with Gasteiger partial charge >= 0.3 is 0 Å². The molecule has 0 aliphatic rings. The number of aliphatic hydroxyl groups excluding tert-OH is 1. The normalized spacial score (nSPS) is 10.6. The summed E-state index contributed by atoms with van der Waals surface area (Å²) >= 11 is 0. The molecule has 0 unspecified atom stereocenters. The number of benzene rings is 1. The summed E-state index contributed by atoms with van der Waals surface area (Å²) in [6, 6.07) is 9.19. The van der Waals surface area contributed by atoms with Crippen LogP contribution in [0.2, 0.25) is 0 Å². The van der Waals surface area contributed by atoms with Crippen molar-refractivity contribution in [1.82, 2.24) is 10.2 Å². The molecule has 3 heteroatoms. The zero-order chi connectivity index (χ0) is 11.4. The van der Waals surface area contributed by atoms with Crippen LogP contribution in [0.15, 0.2) is 24.4 Å². The molecule has 0 saturated carbocycles. The minimum Gasteiger partial charge on any atom is -0.396 e. The van der Waals surface area contributed by atoms with E-state index in [2.05, 4.69) is 22.3 Å². The number of rotatable bonds is 4. The van der Waals surface area contributed by atoms with Gasteiger partial charge in [-0.2, -0.15) is 5.10 Å². The number of hydrogen-bond donors (Lipinski definition) is 2. The summed E-state index contributed by atoms with van der Waals surface area (Å²) in [5.41, 5.74) is 4.43. The van der Waals surface area contributed by atoms with Gasteiger partial charge in [0.25, 0.3) is 0 Å². The van der Waals surface area contributed by atoms with E-state index in [0.717, 1.165) is 29.7 Å². The second-order valence-electron chi connectivity index (χ2n) is 3.84. The van der Waals surface area contributed by atoms with Gasteiger partial charge in [0, 0.05) is 18.4 Å². The Morgan fingerprint density at radius 1 is 1.44 bits per heavy atom. The summed E-state index contributed by atoms with van der Waals surface area (Å²) in [5, 5.41) is 15.8. The molecule has 1 radical (unpaired) electrons. The predicted molar refractivity (Wildman–Crippen MR) is 63.0 cm³/mol. The molecule has 0 amide bonds. The average Bonchev–Trinajstić information content (AvgIpc) is 2.73. The third-order valence-electron chi connectivity index (χ3n) is 2.61. The van der Waals surface area contributed by atoms with Crippen molar-refractivity contribution in [2.75, 3.05) is 6.61 Å². The topological polar surface area (TPSA) is 48.9 Å². The molecule has 0 fully saturated rings. The second-order valence-corrected chi connectivity index (χ2v) is 3.84. The molecule has 3 nitrogen and oxygen atoms in total. The van der Waals surface area contributed by atoms with Crippen LogP contribution in [-0.2, 0) is 6.42 Å². The molecule has 16 heavy (non-hydrogen) atoms. The monoisotopic (exact) mass is 215 g/mol. The third-order valence-corrected chi connectivity index (χ3v) is 2.61. The standard InChI is InChI=1S/C13H15N2O/c1-10-13(9-14-15-10)12-6-2-4-11(8-12)5-3-7-16/h4,6,8-9,16H,3,5,7H2,1H3,(H,14,15). The van der Waals surface area contributed by atoms with Gasteiger partial charge in [-0.25, -0.2) is 0 Å². The van der Waals surface area contributed by atoms with Crippen LogP contribution in [-0.4, -0.2) is 21.9 Å². The van der Waals surface area contributed by atoms with E-state index in [1.54, 1.807) is 0 Å². The van der Waals surface area contributed by atoms with Crippen LogP contribution in [0.1, 0.15) is 17.7 Å². The van der Waals surface area contributed by atoms with E-state index in [9.17, 15) is 0 Å². The van der Waals surface area contributed by atoms with Crippen LogP contribution in [0.4, 0.5) is 0 Å². The molecular weight excluding hydrogens is 200 g/mol. The lowest BCUT2D eigenvalue weighted by Gasteiger charge is -2.03. The van der Waals surface area contributed by atoms with Crippen molar-refractivity contribution >= 4 is 0 Å². The van der Waals surface area contributed by atoms with Crippen LogP contribution < -0.4 is 0 Å². The third kappa shape index (κ3) is 2.31. The smallest absolute Gasteiger partial charge is 0.0669 e. The molecule has 0 spiro atoms. The van der Waals surface area contributed by atoms with Gasteiger partial charge in [-0.1, -0.05) is 12.1 Å². The number of aromatic nitrogens is 2. The summed E-state index contributed by atoms with van der Waals surface area (Å²) < 4.78 is 0. The summed E-state index contributed by atoms with van der Waals surface area (Å²) in [6.07, 6.45) is 3.58. The number of aromatic amines is 1. The van der Waals surface area contributed by atoms with Gasteiger partial charge in [-0.15, -0.1) is 0 Å². The molecule has 0 atom stereocenters.